The molecule has 0 aliphatic rings. The van der Waals surface area contributed by atoms with Crippen molar-refractivity contribution in [2.75, 3.05) is 11.9 Å². The Labute approximate surface area is 125 Å². The topological polar surface area (TPSA) is 54.0 Å². The average Bonchev–Trinajstić information content (AvgIpc) is 2.52. The quantitative estimate of drug-likeness (QED) is 0.856. The van der Waals surface area contributed by atoms with E-state index in [0.717, 1.165) is 24.3 Å². The van der Waals surface area contributed by atoms with Crippen LogP contribution in [0.2, 0.25) is 0 Å². The Bertz CT molecular complexity index is 593. The van der Waals surface area contributed by atoms with E-state index in [1.54, 1.807) is 6.07 Å². The van der Waals surface area contributed by atoms with E-state index in [1.807, 2.05) is 43.3 Å². The van der Waals surface area contributed by atoms with E-state index in [9.17, 15) is 4.79 Å². The second-order valence-electron chi connectivity index (χ2n) is 5.00. The molecule has 21 heavy (non-hydrogen) atoms. The van der Waals surface area contributed by atoms with Gasteiger partial charge in [0.15, 0.2) is 0 Å². The normalized spacial score (nSPS) is 10.2. The zero-order valence-corrected chi connectivity index (χ0v) is 12.5. The molecule has 0 saturated heterocycles. The average molecular weight is 283 g/mol. The van der Waals surface area contributed by atoms with Crippen molar-refractivity contribution < 1.29 is 4.79 Å². The van der Waals surface area contributed by atoms with Gasteiger partial charge in [0.2, 0.25) is 0 Å². The van der Waals surface area contributed by atoms with Crippen LogP contribution in [0, 0.1) is 6.92 Å². The lowest BCUT2D eigenvalue weighted by Crippen LogP contribution is -2.24. The van der Waals surface area contributed by atoms with Gasteiger partial charge in [0.1, 0.15) is 11.5 Å². The number of anilines is 1. The van der Waals surface area contributed by atoms with Gasteiger partial charge in [0.25, 0.3) is 5.91 Å². The van der Waals surface area contributed by atoms with Gasteiger partial charge in [-0.15, -0.1) is 0 Å². The Kier molecular flexibility index (Phi) is 5.32. The lowest BCUT2D eigenvalue weighted by Gasteiger charge is -2.08. The first-order chi connectivity index (χ1) is 10.2. The molecule has 0 aliphatic carbocycles. The van der Waals surface area contributed by atoms with Gasteiger partial charge in [0, 0.05) is 13.1 Å². The van der Waals surface area contributed by atoms with E-state index in [2.05, 4.69) is 22.5 Å². The molecule has 2 rings (SSSR count). The van der Waals surface area contributed by atoms with Crippen LogP contribution in [0.1, 0.15) is 35.0 Å². The van der Waals surface area contributed by atoms with Crippen molar-refractivity contribution in [3.63, 3.8) is 0 Å². The highest BCUT2D eigenvalue weighted by Crippen LogP contribution is 2.06. The van der Waals surface area contributed by atoms with Crippen molar-refractivity contribution in [3.05, 3.63) is 59.3 Å². The maximum atomic E-state index is 12.1. The van der Waals surface area contributed by atoms with Crippen LogP contribution in [0.15, 0.2) is 42.5 Å². The van der Waals surface area contributed by atoms with Gasteiger partial charge < -0.3 is 10.6 Å². The molecule has 0 saturated carbocycles. The predicted octanol–water partition coefficient (Wildman–Crippen LogP) is 3.14. The number of nitrogens with one attached hydrogen (secondary N) is 2. The maximum absolute atomic E-state index is 12.1. The minimum Gasteiger partial charge on any atom is -0.370 e. The van der Waals surface area contributed by atoms with E-state index < -0.39 is 0 Å². The molecule has 110 valence electrons. The lowest BCUT2D eigenvalue weighted by molar-refractivity contribution is 0.0946. The first-order valence-electron chi connectivity index (χ1n) is 7.23. The van der Waals surface area contributed by atoms with Crippen molar-refractivity contribution in [1.29, 1.82) is 0 Å². The molecule has 4 heteroatoms. The van der Waals surface area contributed by atoms with Crippen LogP contribution >= 0.6 is 0 Å². The number of nitrogens with zero attached hydrogens (tertiary/aromatic N) is 1. The number of pyridine rings is 1. The number of rotatable bonds is 6. The fourth-order valence-electron chi connectivity index (χ4n) is 1.89. The highest BCUT2D eigenvalue weighted by Gasteiger charge is 2.07. The third-order valence-corrected chi connectivity index (χ3v) is 3.11. The molecule has 0 spiro atoms. The highest BCUT2D eigenvalue weighted by molar-refractivity contribution is 5.92. The van der Waals surface area contributed by atoms with Crippen LogP contribution in [0.3, 0.4) is 0 Å². The van der Waals surface area contributed by atoms with Crippen molar-refractivity contribution >= 4 is 11.7 Å². The monoisotopic (exact) mass is 283 g/mol. The summed E-state index contributed by atoms with van der Waals surface area (Å²) in [6, 6.07) is 13.5. The summed E-state index contributed by atoms with van der Waals surface area (Å²) in [6.07, 6.45) is 1.02. The molecule has 2 N–H and O–H groups in total. The van der Waals surface area contributed by atoms with E-state index in [0.29, 0.717) is 12.2 Å². The molecule has 0 fully saturated rings. The molecular weight excluding hydrogens is 262 g/mol. The van der Waals surface area contributed by atoms with E-state index >= 15 is 0 Å². The first kappa shape index (κ1) is 15.0. The number of benzene rings is 1. The second kappa shape index (κ2) is 7.43. The number of hydrogen-bond acceptors (Lipinski definition) is 3. The van der Waals surface area contributed by atoms with Gasteiger partial charge in [-0.3, -0.25) is 4.79 Å². The third-order valence-electron chi connectivity index (χ3n) is 3.11. The molecule has 0 bridgehead atoms. The lowest BCUT2D eigenvalue weighted by atomic mass is 10.1. The fourth-order valence-corrected chi connectivity index (χ4v) is 1.89. The number of carbonyl (C=O) groups excluding carboxylic acids is 1. The Hall–Kier alpha value is -2.36. The molecule has 2 aromatic rings. The van der Waals surface area contributed by atoms with Crippen molar-refractivity contribution in [3.8, 4) is 0 Å². The largest absolute Gasteiger partial charge is 0.370 e. The van der Waals surface area contributed by atoms with Crippen LogP contribution in [0.5, 0.6) is 0 Å². The predicted molar refractivity (Wildman–Crippen MR) is 85.4 cm³/mol. The fraction of sp³-hybridized carbons (Fsp3) is 0.294. The molecule has 1 aromatic carbocycles. The minimum absolute atomic E-state index is 0.157. The Morgan fingerprint density at radius 1 is 1.14 bits per heavy atom. The summed E-state index contributed by atoms with van der Waals surface area (Å²) < 4.78 is 0. The van der Waals surface area contributed by atoms with Gasteiger partial charge in [-0.2, -0.15) is 0 Å². The molecule has 1 heterocycles. The van der Waals surface area contributed by atoms with Gasteiger partial charge in [-0.1, -0.05) is 42.8 Å². The number of aryl methyl sites for hydroxylation is 1. The van der Waals surface area contributed by atoms with Crippen LogP contribution < -0.4 is 10.6 Å². The van der Waals surface area contributed by atoms with Crippen LogP contribution in [0.4, 0.5) is 5.82 Å². The first-order valence-corrected chi connectivity index (χ1v) is 7.23. The van der Waals surface area contributed by atoms with Crippen molar-refractivity contribution in [1.82, 2.24) is 10.3 Å². The van der Waals surface area contributed by atoms with E-state index in [-0.39, 0.29) is 5.91 Å². The number of carbonyl (C=O) groups is 1. The second-order valence-corrected chi connectivity index (χ2v) is 5.00. The van der Waals surface area contributed by atoms with Crippen LogP contribution in [-0.2, 0) is 6.54 Å². The van der Waals surface area contributed by atoms with Gasteiger partial charge >= 0.3 is 0 Å². The standard InChI is InChI=1S/C17H21N3O/c1-3-11-18-16-6-4-5-15(20-16)17(21)19-12-14-9-7-13(2)8-10-14/h4-10H,3,11-12H2,1-2H3,(H,18,20)(H,19,21). The molecule has 4 nitrogen and oxygen atoms in total. The SMILES string of the molecule is CCCNc1cccc(C(=O)NCc2ccc(C)cc2)n1. The van der Waals surface area contributed by atoms with Crippen LogP contribution in [0.25, 0.3) is 0 Å². The van der Waals surface area contributed by atoms with E-state index in [1.165, 1.54) is 5.56 Å². The zero-order chi connectivity index (χ0) is 15.1. The summed E-state index contributed by atoms with van der Waals surface area (Å²) in [4.78, 5) is 16.4. The summed E-state index contributed by atoms with van der Waals surface area (Å²) in [5.41, 5.74) is 2.72. The summed E-state index contributed by atoms with van der Waals surface area (Å²) in [5, 5.41) is 6.07. The van der Waals surface area contributed by atoms with Crippen molar-refractivity contribution in [2.45, 2.75) is 26.8 Å². The summed E-state index contributed by atoms with van der Waals surface area (Å²) >= 11 is 0. The number of hydrogen-bond donors (Lipinski definition) is 2. The van der Waals surface area contributed by atoms with E-state index in [4.69, 9.17) is 0 Å². The molecule has 0 aliphatic heterocycles. The zero-order valence-electron chi connectivity index (χ0n) is 12.5. The van der Waals surface area contributed by atoms with Gasteiger partial charge in [0.05, 0.1) is 0 Å². The molecule has 1 amide bonds. The minimum atomic E-state index is -0.157. The molecule has 1 aromatic heterocycles. The summed E-state index contributed by atoms with van der Waals surface area (Å²) in [7, 11) is 0. The Morgan fingerprint density at radius 2 is 1.90 bits per heavy atom. The summed E-state index contributed by atoms with van der Waals surface area (Å²) in [6.45, 7) is 5.49. The smallest absolute Gasteiger partial charge is 0.270 e. The number of aromatic nitrogens is 1. The Balaban J connectivity index is 1.95. The maximum Gasteiger partial charge on any atom is 0.270 e. The summed E-state index contributed by atoms with van der Waals surface area (Å²) in [5.74, 6) is 0.579. The van der Waals surface area contributed by atoms with Crippen LogP contribution in [-0.4, -0.2) is 17.4 Å². The van der Waals surface area contributed by atoms with Gasteiger partial charge in [-0.25, -0.2) is 4.98 Å². The third kappa shape index (κ3) is 4.60. The molecule has 0 unspecified atom stereocenters. The number of amides is 1. The van der Waals surface area contributed by atoms with Crippen molar-refractivity contribution in [2.24, 2.45) is 0 Å². The Morgan fingerprint density at radius 3 is 2.62 bits per heavy atom. The van der Waals surface area contributed by atoms with Gasteiger partial charge in [-0.05, 0) is 31.0 Å². The highest BCUT2D eigenvalue weighted by atomic mass is 16.1. The molecule has 0 radical (unpaired) electrons. The molecular formula is C17H21N3O. The molecule has 0 atom stereocenters.